The Bertz CT molecular complexity index is 215. The molecule has 2 N–H and O–H groups in total. The van der Waals surface area contributed by atoms with E-state index in [0.717, 1.165) is 19.3 Å². The lowest BCUT2D eigenvalue weighted by molar-refractivity contribution is 0.501. The van der Waals surface area contributed by atoms with Crippen molar-refractivity contribution >= 4 is 28.0 Å². The summed E-state index contributed by atoms with van der Waals surface area (Å²) >= 11 is 4.01. The minimum Gasteiger partial charge on any atom is -0.341 e. The normalized spacial score (nSPS) is 17.1. The predicted molar refractivity (Wildman–Crippen MR) is 71.8 cm³/mol. The minimum atomic E-state index is -2.96. The van der Waals surface area contributed by atoms with Gasteiger partial charge in [0.2, 0.25) is 0 Å². The Morgan fingerprint density at radius 2 is 1.79 bits per heavy atom. The highest BCUT2D eigenvalue weighted by Crippen LogP contribution is 2.50. The minimum absolute atomic E-state index is 0.312. The van der Waals surface area contributed by atoms with Crippen LogP contribution in [0.4, 0.5) is 0 Å². The molecular weight excluding hydrogens is 235 g/mol. The van der Waals surface area contributed by atoms with Crippen LogP contribution in [0.25, 0.3) is 0 Å². The van der Waals surface area contributed by atoms with Crippen molar-refractivity contribution in [2.75, 3.05) is 0 Å². The maximum atomic E-state index is 9.72. The molecule has 0 amide bonds. The summed E-state index contributed by atoms with van der Waals surface area (Å²) < 4.78 is 0. The van der Waals surface area contributed by atoms with E-state index in [4.69, 9.17) is 0 Å². The summed E-state index contributed by atoms with van der Waals surface area (Å²) in [6, 6.07) is 0. The standard InChI is InChI=1S/C9H23O2PS2/c1-5-7-9(6-2)14(8(3)4)12(10,11)13/h8-11,13H,5-7H2,1-4H3. The molecule has 0 radical (unpaired) electrons. The molecule has 0 aliphatic heterocycles. The summed E-state index contributed by atoms with van der Waals surface area (Å²) in [5, 5.41) is 0.730. The number of thiol groups is 1. The third kappa shape index (κ3) is 4.71. The molecule has 0 aromatic heterocycles. The molecule has 0 saturated heterocycles. The Morgan fingerprint density at radius 1 is 1.29 bits per heavy atom. The summed E-state index contributed by atoms with van der Waals surface area (Å²) in [7, 11) is -0.345. The quantitative estimate of drug-likeness (QED) is 0.523. The van der Waals surface area contributed by atoms with Crippen LogP contribution in [0, 0.1) is 0 Å². The Morgan fingerprint density at radius 3 is 2.00 bits per heavy atom. The topological polar surface area (TPSA) is 40.5 Å². The Balaban J connectivity index is 5.01. The van der Waals surface area contributed by atoms with Gasteiger partial charge in [0, 0.05) is 5.25 Å². The van der Waals surface area contributed by atoms with E-state index in [2.05, 4.69) is 39.9 Å². The van der Waals surface area contributed by atoms with E-state index in [1.54, 1.807) is 0 Å². The molecule has 0 fully saturated rings. The van der Waals surface area contributed by atoms with E-state index in [-0.39, 0.29) is 10.1 Å². The lowest BCUT2D eigenvalue weighted by atomic mass is 10.2. The van der Waals surface area contributed by atoms with Crippen LogP contribution in [0.15, 0.2) is 0 Å². The largest absolute Gasteiger partial charge is 0.341 e. The number of hydrogen-bond donors (Lipinski definition) is 3. The average Bonchev–Trinajstić information content (AvgIpc) is 2.00. The first-order valence-corrected chi connectivity index (χ1v) is 9.94. The molecule has 2 atom stereocenters. The fourth-order valence-electron chi connectivity index (χ4n) is 1.69. The maximum Gasteiger partial charge on any atom is 0.199 e. The molecule has 88 valence electrons. The molecule has 0 saturated carbocycles. The van der Waals surface area contributed by atoms with Gasteiger partial charge in [-0.1, -0.05) is 46.4 Å². The summed E-state index contributed by atoms with van der Waals surface area (Å²) in [6.07, 6.45) is 3.18. The second-order valence-electron chi connectivity index (χ2n) is 3.73. The molecule has 0 spiro atoms. The van der Waals surface area contributed by atoms with Gasteiger partial charge in [0.15, 0.2) is 5.69 Å². The van der Waals surface area contributed by atoms with Crippen molar-refractivity contribution in [1.29, 1.82) is 0 Å². The monoisotopic (exact) mass is 258 g/mol. The lowest BCUT2D eigenvalue weighted by Gasteiger charge is -2.27. The molecule has 2 nitrogen and oxygen atoms in total. The molecule has 0 aromatic carbocycles. The van der Waals surface area contributed by atoms with Crippen molar-refractivity contribution in [3.8, 4) is 0 Å². The average molecular weight is 258 g/mol. The van der Waals surface area contributed by atoms with E-state index in [9.17, 15) is 9.79 Å². The van der Waals surface area contributed by atoms with Crippen LogP contribution in [0.2, 0.25) is 0 Å². The second kappa shape index (κ2) is 6.59. The first-order valence-electron chi connectivity index (χ1n) is 5.14. The predicted octanol–water partition coefficient (Wildman–Crippen LogP) is 3.18. The summed E-state index contributed by atoms with van der Waals surface area (Å²) in [6.45, 7) is 8.36. The van der Waals surface area contributed by atoms with Gasteiger partial charge in [-0.05, 0) is 18.1 Å². The number of rotatable bonds is 5. The highest BCUT2D eigenvalue weighted by molar-refractivity contribution is 8.66. The van der Waals surface area contributed by atoms with E-state index >= 15 is 0 Å². The zero-order valence-corrected chi connectivity index (χ0v) is 12.1. The Labute approximate surface area is 95.4 Å². The molecule has 0 rings (SSSR count). The van der Waals surface area contributed by atoms with Gasteiger partial charge in [-0.25, -0.2) is 0 Å². The highest BCUT2D eigenvalue weighted by Gasteiger charge is 2.21. The Hall–Kier alpha value is 1.05. The van der Waals surface area contributed by atoms with Gasteiger partial charge in [-0.15, -0.1) is 10.1 Å². The zero-order chi connectivity index (χ0) is 11.4. The molecule has 0 aromatic rings. The van der Waals surface area contributed by atoms with Crippen LogP contribution in [0.1, 0.15) is 47.0 Å². The molecule has 14 heavy (non-hydrogen) atoms. The van der Waals surface area contributed by atoms with Gasteiger partial charge in [-0.2, -0.15) is 0 Å². The van der Waals surface area contributed by atoms with Crippen molar-refractivity contribution < 1.29 is 9.79 Å². The molecular formula is C9H23O2PS2. The molecule has 0 heterocycles. The van der Waals surface area contributed by atoms with Gasteiger partial charge in [-0.3, -0.25) is 0 Å². The fourth-order valence-corrected chi connectivity index (χ4v) is 10.8. The third-order valence-electron chi connectivity index (χ3n) is 2.17. The van der Waals surface area contributed by atoms with Crippen molar-refractivity contribution in [3.63, 3.8) is 0 Å². The SMILES string of the molecule is CCCC(CC)S(C(C)C)=P(O)(O)S. The highest BCUT2D eigenvalue weighted by atomic mass is 32.9. The van der Waals surface area contributed by atoms with Gasteiger partial charge in [0.25, 0.3) is 0 Å². The van der Waals surface area contributed by atoms with Crippen molar-refractivity contribution in [1.82, 2.24) is 0 Å². The Kier molecular flexibility index (Phi) is 7.09. The first-order chi connectivity index (χ1) is 6.34. The molecule has 0 bridgehead atoms. The van der Waals surface area contributed by atoms with E-state index < -0.39 is 5.69 Å². The van der Waals surface area contributed by atoms with Crippen LogP contribution in [-0.2, 0) is 10.1 Å². The number of hydrogen-bond acceptors (Lipinski definition) is 0. The molecule has 5 heteroatoms. The van der Waals surface area contributed by atoms with Crippen LogP contribution < -0.4 is 0 Å². The molecule has 2 unspecified atom stereocenters. The van der Waals surface area contributed by atoms with Gasteiger partial charge in [0.1, 0.15) is 0 Å². The summed E-state index contributed by atoms with van der Waals surface area (Å²) in [5.41, 5.74) is -2.96. The van der Waals surface area contributed by atoms with Gasteiger partial charge >= 0.3 is 0 Å². The second-order valence-corrected chi connectivity index (χ2v) is 12.3. The molecule has 0 aliphatic carbocycles. The summed E-state index contributed by atoms with van der Waals surface area (Å²) in [4.78, 5) is 19.4. The fraction of sp³-hybridized carbons (Fsp3) is 1.00. The van der Waals surface area contributed by atoms with E-state index in [0.29, 0.717) is 10.5 Å². The van der Waals surface area contributed by atoms with Gasteiger partial charge < -0.3 is 9.79 Å². The third-order valence-corrected chi connectivity index (χ3v) is 10.5. The summed E-state index contributed by atoms with van der Waals surface area (Å²) in [5.74, 6) is 0. The first kappa shape index (κ1) is 15.0. The van der Waals surface area contributed by atoms with Crippen LogP contribution in [-0.4, -0.2) is 20.3 Å². The van der Waals surface area contributed by atoms with E-state index in [1.165, 1.54) is 0 Å². The maximum absolute atomic E-state index is 9.72. The molecule has 0 aliphatic rings. The lowest BCUT2D eigenvalue weighted by Crippen LogP contribution is -2.21. The smallest absolute Gasteiger partial charge is 0.199 e. The van der Waals surface area contributed by atoms with E-state index in [1.807, 2.05) is 0 Å². The van der Waals surface area contributed by atoms with Crippen molar-refractivity contribution in [2.45, 2.75) is 57.5 Å². The zero-order valence-electron chi connectivity index (χ0n) is 9.47. The van der Waals surface area contributed by atoms with Crippen LogP contribution in [0.3, 0.4) is 0 Å². The van der Waals surface area contributed by atoms with Crippen LogP contribution in [0.5, 0.6) is 0 Å². The van der Waals surface area contributed by atoms with Crippen molar-refractivity contribution in [2.24, 2.45) is 0 Å². The van der Waals surface area contributed by atoms with Crippen molar-refractivity contribution in [3.05, 3.63) is 0 Å². The van der Waals surface area contributed by atoms with Crippen LogP contribution >= 0.6 is 17.9 Å². The van der Waals surface area contributed by atoms with Gasteiger partial charge in [0.05, 0.1) is 0 Å².